The van der Waals surface area contributed by atoms with Gasteiger partial charge in [0.25, 0.3) is 0 Å². The van der Waals surface area contributed by atoms with Crippen molar-refractivity contribution in [2.45, 2.75) is 45.7 Å². The molecule has 0 saturated carbocycles. The molecule has 1 saturated heterocycles. The minimum atomic E-state index is -0.588. The molecule has 0 aromatic rings. The average molecular weight is 187 g/mol. The smallest absolute Gasteiger partial charge is 0.115 e. The number of halogens is 1. The second kappa shape index (κ2) is 5.58. The van der Waals surface area contributed by atoms with E-state index >= 15 is 0 Å². The molecule has 1 nitrogen and oxygen atoms in total. The van der Waals surface area contributed by atoms with Crippen molar-refractivity contribution in [3.63, 3.8) is 0 Å². The van der Waals surface area contributed by atoms with Gasteiger partial charge in [-0.15, -0.1) is 0 Å². The third-order valence-corrected chi connectivity index (χ3v) is 3.03. The Balaban J connectivity index is 2.14. The molecule has 1 fully saturated rings. The molecule has 13 heavy (non-hydrogen) atoms. The Hall–Kier alpha value is -0.110. The fraction of sp³-hybridized carbons (Fsp3) is 1.00. The number of piperidine rings is 1. The highest BCUT2D eigenvalue weighted by Gasteiger charge is 2.24. The van der Waals surface area contributed by atoms with Crippen LogP contribution in [0.3, 0.4) is 0 Å². The molecule has 2 unspecified atom stereocenters. The van der Waals surface area contributed by atoms with Gasteiger partial charge in [-0.25, -0.2) is 4.39 Å². The lowest BCUT2D eigenvalue weighted by Crippen LogP contribution is -2.41. The van der Waals surface area contributed by atoms with E-state index in [-0.39, 0.29) is 5.92 Å². The van der Waals surface area contributed by atoms with Crippen LogP contribution in [0.1, 0.15) is 39.5 Å². The Bertz CT molecular complexity index is 138. The fourth-order valence-corrected chi connectivity index (χ4v) is 1.87. The number of alkyl halides is 1. The van der Waals surface area contributed by atoms with Crippen molar-refractivity contribution in [1.29, 1.82) is 0 Å². The van der Waals surface area contributed by atoms with Gasteiger partial charge < -0.3 is 4.90 Å². The van der Waals surface area contributed by atoms with E-state index in [1.54, 1.807) is 0 Å². The lowest BCUT2D eigenvalue weighted by atomic mass is 9.97. The van der Waals surface area contributed by atoms with Crippen LogP contribution in [0.15, 0.2) is 0 Å². The molecule has 0 bridgehead atoms. The van der Waals surface area contributed by atoms with Gasteiger partial charge in [0, 0.05) is 6.54 Å². The molecule has 1 rings (SSSR count). The van der Waals surface area contributed by atoms with E-state index in [9.17, 15) is 4.39 Å². The van der Waals surface area contributed by atoms with E-state index < -0.39 is 6.17 Å². The van der Waals surface area contributed by atoms with E-state index in [4.69, 9.17) is 0 Å². The van der Waals surface area contributed by atoms with Gasteiger partial charge in [-0.3, -0.25) is 0 Å². The SMILES string of the molecule is CCCCCN1CCC(C)C(F)C1. The van der Waals surface area contributed by atoms with Crippen LogP contribution in [0.5, 0.6) is 0 Å². The summed E-state index contributed by atoms with van der Waals surface area (Å²) in [5, 5.41) is 0. The zero-order valence-electron chi connectivity index (χ0n) is 8.93. The van der Waals surface area contributed by atoms with Crippen LogP contribution >= 0.6 is 0 Å². The summed E-state index contributed by atoms with van der Waals surface area (Å²) in [5.74, 6) is 0.280. The molecule has 0 radical (unpaired) electrons. The summed E-state index contributed by atoms with van der Waals surface area (Å²) >= 11 is 0. The molecule has 0 amide bonds. The van der Waals surface area contributed by atoms with Gasteiger partial charge in [-0.1, -0.05) is 26.7 Å². The highest BCUT2D eigenvalue weighted by atomic mass is 19.1. The van der Waals surface area contributed by atoms with Crippen molar-refractivity contribution < 1.29 is 4.39 Å². The minimum absolute atomic E-state index is 0.280. The van der Waals surface area contributed by atoms with Crippen molar-refractivity contribution in [2.75, 3.05) is 19.6 Å². The second-order valence-corrected chi connectivity index (χ2v) is 4.29. The lowest BCUT2D eigenvalue weighted by Gasteiger charge is -2.32. The molecule has 78 valence electrons. The summed E-state index contributed by atoms with van der Waals surface area (Å²) in [7, 11) is 0. The van der Waals surface area contributed by atoms with Gasteiger partial charge in [-0.2, -0.15) is 0 Å². The Morgan fingerprint density at radius 1 is 1.38 bits per heavy atom. The van der Waals surface area contributed by atoms with E-state index in [1.807, 2.05) is 6.92 Å². The highest BCUT2D eigenvalue weighted by molar-refractivity contribution is 4.77. The van der Waals surface area contributed by atoms with E-state index in [0.29, 0.717) is 6.54 Å². The number of hydrogen-bond acceptors (Lipinski definition) is 1. The van der Waals surface area contributed by atoms with Crippen LogP contribution in [0.2, 0.25) is 0 Å². The molecule has 1 aliphatic heterocycles. The van der Waals surface area contributed by atoms with E-state index in [0.717, 1.165) is 19.5 Å². The van der Waals surface area contributed by atoms with Gasteiger partial charge in [0.15, 0.2) is 0 Å². The molecular weight excluding hydrogens is 165 g/mol. The molecule has 2 atom stereocenters. The molecule has 0 aromatic carbocycles. The Kier molecular flexibility index (Phi) is 4.71. The van der Waals surface area contributed by atoms with Gasteiger partial charge in [0.05, 0.1) is 0 Å². The van der Waals surface area contributed by atoms with Crippen molar-refractivity contribution >= 4 is 0 Å². The van der Waals surface area contributed by atoms with Crippen molar-refractivity contribution in [1.82, 2.24) is 4.90 Å². The van der Waals surface area contributed by atoms with Gasteiger partial charge in [0.1, 0.15) is 6.17 Å². The van der Waals surface area contributed by atoms with Crippen molar-refractivity contribution in [2.24, 2.45) is 5.92 Å². The van der Waals surface area contributed by atoms with Crippen LogP contribution in [-0.4, -0.2) is 30.7 Å². The molecule has 0 aromatic heterocycles. The predicted molar refractivity (Wildman–Crippen MR) is 54.6 cm³/mol. The maximum absolute atomic E-state index is 13.3. The van der Waals surface area contributed by atoms with E-state index in [1.165, 1.54) is 19.3 Å². The summed E-state index contributed by atoms with van der Waals surface area (Å²) in [4.78, 5) is 2.28. The Labute approximate surface area is 81.3 Å². The zero-order chi connectivity index (χ0) is 9.68. The van der Waals surface area contributed by atoms with Gasteiger partial charge in [-0.05, 0) is 31.8 Å². The molecule has 1 heterocycles. The summed E-state index contributed by atoms with van der Waals surface area (Å²) in [6, 6.07) is 0. The third-order valence-electron chi connectivity index (χ3n) is 3.03. The summed E-state index contributed by atoms with van der Waals surface area (Å²) in [5.41, 5.74) is 0. The first-order valence-corrected chi connectivity index (χ1v) is 5.60. The number of hydrogen-bond donors (Lipinski definition) is 0. The first-order chi connectivity index (χ1) is 6.24. The standard InChI is InChI=1S/C11H22FN/c1-3-4-5-7-13-8-6-10(2)11(12)9-13/h10-11H,3-9H2,1-2H3. The number of nitrogens with zero attached hydrogens (tertiary/aromatic N) is 1. The predicted octanol–water partition coefficient (Wildman–Crippen LogP) is 2.86. The van der Waals surface area contributed by atoms with Crippen LogP contribution < -0.4 is 0 Å². The van der Waals surface area contributed by atoms with Crippen LogP contribution in [-0.2, 0) is 0 Å². The quantitative estimate of drug-likeness (QED) is 0.612. The molecule has 0 spiro atoms. The largest absolute Gasteiger partial charge is 0.300 e. The summed E-state index contributed by atoms with van der Waals surface area (Å²) in [6.07, 6.45) is 4.22. The molecule has 0 N–H and O–H groups in total. The van der Waals surface area contributed by atoms with Crippen LogP contribution in [0.25, 0.3) is 0 Å². The second-order valence-electron chi connectivity index (χ2n) is 4.29. The molecular formula is C11H22FN. The van der Waals surface area contributed by atoms with Crippen LogP contribution in [0, 0.1) is 5.92 Å². The normalized spacial score (nSPS) is 30.7. The number of rotatable bonds is 4. The van der Waals surface area contributed by atoms with Crippen molar-refractivity contribution in [3.8, 4) is 0 Å². The average Bonchev–Trinajstić information content (AvgIpc) is 2.12. The zero-order valence-corrected chi connectivity index (χ0v) is 8.93. The van der Waals surface area contributed by atoms with Gasteiger partial charge in [0.2, 0.25) is 0 Å². The molecule has 2 heteroatoms. The van der Waals surface area contributed by atoms with Crippen LogP contribution in [0.4, 0.5) is 4.39 Å². The summed E-state index contributed by atoms with van der Waals surface area (Å²) in [6.45, 7) is 7.10. The minimum Gasteiger partial charge on any atom is -0.300 e. The topological polar surface area (TPSA) is 3.24 Å². The maximum Gasteiger partial charge on any atom is 0.115 e. The number of likely N-dealkylation sites (tertiary alicyclic amines) is 1. The maximum atomic E-state index is 13.3. The fourth-order valence-electron chi connectivity index (χ4n) is 1.87. The molecule has 1 aliphatic rings. The first kappa shape index (κ1) is 11.0. The Morgan fingerprint density at radius 3 is 2.77 bits per heavy atom. The number of unbranched alkanes of at least 4 members (excludes halogenated alkanes) is 2. The lowest BCUT2D eigenvalue weighted by molar-refractivity contribution is 0.0922. The van der Waals surface area contributed by atoms with Gasteiger partial charge >= 0.3 is 0 Å². The highest BCUT2D eigenvalue weighted by Crippen LogP contribution is 2.19. The third kappa shape index (κ3) is 3.63. The Morgan fingerprint density at radius 2 is 2.15 bits per heavy atom. The van der Waals surface area contributed by atoms with Crippen molar-refractivity contribution in [3.05, 3.63) is 0 Å². The van der Waals surface area contributed by atoms with E-state index in [2.05, 4.69) is 11.8 Å². The monoisotopic (exact) mass is 187 g/mol. The molecule has 0 aliphatic carbocycles. The first-order valence-electron chi connectivity index (χ1n) is 5.60. The summed E-state index contributed by atoms with van der Waals surface area (Å²) < 4.78 is 13.3.